The van der Waals surface area contributed by atoms with Gasteiger partial charge in [-0.2, -0.15) is 0 Å². The lowest BCUT2D eigenvalue weighted by Gasteiger charge is -2.04. The van der Waals surface area contributed by atoms with Crippen molar-refractivity contribution in [3.63, 3.8) is 0 Å². The van der Waals surface area contributed by atoms with Gasteiger partial charge in [-0.1, -0.05) is 6.92 Å². The molecule has 96 valence electrons. The van der Waals surface area contributed by atoms with E-state index >= 15 is 0 Å². The molecule has 0 spiro atoms. The summed E-state index contributed by atoms with van der Waals surface area (Å²) < 4.78 is 5.46. The van der Waals surface area contributed by atoms with Gasteiger partial charge < -0.3 is 15.0 Å². The van der Waals surface area contributed by atoms with Crippen LogP contribution in [0.2, 0.25) is 0 Å². The second-order valence-electron chi connectivity index (χ2n) is 4.05. The van der Waals surface area contributed by atoms with Crippen molar-refractivity contribution in [1.29, 1.82) is 0 Å². The fourth-order valence-electron chi connectivity index (χ4n) is 1.92. The highest BCUT2D eigenvalue weighted by atomic mass is 16.5. The zero-order valence-corrected chi connectivity index (χ0v) is 10.7. The number of hydrogen-bond donors (Lipinski definition) is 2. The van der Waals surface area contributed by atoms with Crippen LogP contribution in [0.3, 0.4) is 0 Å². The van der Waals surface area contributed by atoms with Crippen molar-refractivity contribution in [2.45, 2.75) is 13.8 Å². The Hall–Kier alpha value is -1.81. The smallest absolute Gasteiger partial charge is 0.178 e. The normalized spacial score (nSPS) is 10.8. The summed E-state index contributed by atoms with van der Waals surface area (Å²) in [6.07, 6.45) is 1.76. The molecule has 0 radical (unpaired) electrons. The summed E-state index contributed by atoms with van der Waals surface area (Å²) in [6, 6.07) is 5.75. The zero-order valence-electron chi connectivity index (χ0n) is 10.7. The predicted octanol–water partition coefficient (Wildman–Crippen LogP) is 2.36. The van der Waals surface area contributed by atoms with Crippen LogP contribution < -0.4 is 10.1 Å². The average Bonchev–Trinajstić information content (AvgIpc) is 2.79. The number of H-pyrrole nitrogens is 1. The Morgan fingerprint density at radius 2 is 2.22 bits per heavy atom. The van der Waals surface area contributed by atoms with E-state index in [-0.39, 0.29) is 5.78 Å². The van der Waals surface area contributed by atoms with Gasteiger partial charge >= 0.3 is 0 Å². The Morgan fingerprint density at radius 3 is 2.94 bits per heavy atom. The first-order valence-electron chi connectivity index (χ1n) is 6.24. The number of aromatic nitrogens is 1. The van der Waals surface area contributed by atoms with Crippen molar-refractivity contribution >= 4 is 16.7 Å². The summed E-state index contributed by atoms with van der Waals surface area (Å²) in [5.41, 5.74) is 1.67. The van der Waals surface area contributed by atoms with Crippen LogP contribution in [0.1, 0.15) is 24.2 Å². The minimum Gasteiger partial charge on any atom is -0.494 e. The van der Waals surface area contributed by atoms with Gasteiger partial charge in [-0.15, -0.1) is 0 Å². The third-order valence-corrected chi connectivity index (χ3v) is 2.80. The number of fused-ring (bicyclic) bond motifs is 1. The molecular formula is C14H18N2O2. The number of ketones is 1. The lowest BCUT2D eigenvalue weighted by Crippen LogP contribution is -2.22. The molecule has 0 bridgehead atoms. The van der Waals surface area contributed by atoms with Crippen molar-refractivity contribution in [3.05, 3.63) is 30.0 Å². The first-order chi connectivity index (χ1) is 8.76. The molecule has 0 aliphatic carbocycles. The lowest BCUT2D eigenvalue weighted by atomic mass is 10.1. The summed E-state index contributed by atoms with van der Waals surface area (Å²) in [5, 5.41) is 3.97. The summed E-state index contributed by atoms with van der Waals surface area (Å²) in [4.78, 5) is 15.1. The Bertz CT molecular complexity index is 546. The van der Waals surface area contributed by atoms with E-state index < -0.39 is 0 Å². The molecule has 0 amide bonds. The maximum absolute atomic E-state index is 12.0. The van der Waals surface area contributed by atoms with Gasteiger partial charge in [0.25, 0.3) is 0 Å². The van der Waals surface area contributed by atoms with Gasteiger partial charge in [0.15, 0.2) is 5.78 Å². The summed E-state index contributed by atoms with van der Waals surface area (Å²) in [7, 11) is 0. The van der Waals surface area contributed by atoms with Crippen molar-refractivity contribution in [2.24, 2.45) is 0 Å². The molecule has 0 aliphatic heterocycles. The number of benzene rings is 1. The summed E-state index contributed by atoms with van der Waals surface area (Å²) in [5.74, 6) is 0.888. The number of likely N-dealkylation sites (N-methyl/N-ethyl adjacent to an activating group) is 1. The molecule has 0 fully saturated rings. The molecule has 4 nitrogen and oxygen atoms in total. The van der Waals surface area contributed by atoms with Gasteiger partial charge in [0.05, 0.1) is 13.2 Å². The Balaban J connectivity index is 2.32. The number of carbonyl (C=O) groups is 1. The molecule has 2 rings (SSSR count). The number of Topliss-reactive ketones (excluding diaryl/α,β-unsaturated/α-hetero) is 1. The monoisotopic (exact) mass is 246 g/mol. The standard InChI is InChI=1S/C14H18N2O2/c1-3-15-9-14(17)12-8-16-13-6-5-10(18-4-2)7-11(12)13/h5-8,15-16H,3-4,9H2,1-2H3. The highest BCUT2D eigenvalue weighted by Crippen LogP contribution is 2.24. The van der Waals surface area contributed by atoms with Gasteiger partial charge in [0, 0.05) is 22.7 Å². The van der Waals surface area contributed by atoms with Crippen molar-refractivity contribution in [2.75, 3.05) is 19.7 Å². The van der Waals surface area contributed by atoms with E-state index in [9.17, 15) is 4.79 Å². The third kappa shape index (κ3) is 2.54. The summed E-state index contributed by atoms with van der Waals surface area (Å²) in [6.45, 7) is 5.70. The van der Waals surface area contributed by atoms with Crippen molar-refractivity contribution in [3.8, 4) is 5.75 Å². The fourth-order valence-corrected chi connectivity index (χ4v) is 1.92. The maximum Gasteiger partial charge on any atom is 0.178 e. The molecule has 0 saturated carbocycles. The third-order valence-electron chi connectivity index (χ3n) is 2.80. The van der Waals surface area contributed by atoms with Gasteiger partial charge in [0.1, 0.15) is 5.75 Å². The fraction of sp³-hybridized carbons (Fsp3) is 0.357. The van der Waals surface area contributed by atoms with Crippen LogP contribution in [-0.4, -0.2) is 30.5 Å². The lowest BCUT2D eigenvalue weighted by molar-refractivity contribution is 0.0993. The molecule has 18 heavy (non-hydrogen) atoms. The van der Waals surface area contributed by atoms with Crippen LogP contribution in [0.4, 0.5) is 0 Å². The maximum atomic E-state index is 12.0. The first-order valence-corrected chi connectivity index (χ1v) is 6.24. The van der Waals surface area contributed by atoms with Crippen molar-refractivity contribution < 1.29 is 9.53 Å². The van der Waals surface area contributed by atoms with E-state index in [0.717, 1.165) is 23.2 Å². The van der Waals surface area contributed by atoms with Crippen LogP contribution in [0.25, 0.3) is 10.9 Å². The number of hydrogen-bond acceptors (Lipinski definition) is 3. The SMILES string of the molecule is CCNCC(=O)c1c[nH]c2ccc(OCC)cc12. The molecular weight excluding hydrogens is 228 g/mol. The number of carbonyl (C=O) groups excluding carboxylic acids is 1. The van der Waals surface area contributed by atoms with Crippen LogP contribution in [0.15, 0.2) is 24.4 Å². The Kier molecular flexibility index (Phi) is 3.99. The topological polar surface area (TPSA) is 54.1 Å². The molecule has 0 atom stereocenters. The number of ether oxygens (including phenoxy) is 1. The second kappa shape index (κ2) is 5.69. The van der Waals surface area contributed by atoms with Gasteiger partial charge in [-0.05, 0) is 31.7 Å². The van der Waals surface area contributed by atoms with E-state index in [1.54, 1.807) is 6.20 Å². The number of rotatable bonds is 6. The summed E-state index contributed by atoms with van der Waals surface area (Å²) >= 11 is 0. The predicted molar refractivity (Wildman–Crippen MR) is 72.3 cm³/mol. The molecule has 0 saturated heterocycles. The van der Waals surface area contributed by atoms with Crippen LogP contribution in [0.5, 0.6) is 5.75 Å². The molecule has 1 aromatic carbocycles. The van der Waals surface area contributed by atoms with Crippen LogP contribution in [-0.2, 0) is 0 Å². The van der Waals surface area contributed by atoms with Crippen LogP contribution >= 0.6 is 0 Å². The Morgan fingerprint density at radius 1 is 1.39 bits per heavy atom. The second-order valence-corrected chi connectivity index (χ2v) is 4.05. The molecule has 2 N–H and O–H groups in total. The van der Waals surface area contributed by atoms with Crippen LogP contribution in [0, 0.1) is 0 Å². The van der Waals surface area contributed by atoms with Crippen molar-refractivity contribution in [1.82, 2.24) is 10.3 Å². The highest BCUT2D eigenvalue weighted by molar-refractivity contribution is 6.09. The quantitative estimate of drug-likeness (QED) is 0.769. The molecule has 0 unspecified atom stereocenters. The first kappa shape index (κ1) is 12.6. The van der Waals surface area contributed by atoms with E-state index in [4.69, 9.17) is 4.74 Å². The van der Waals surface area contributed by atoms with E-state index in [2.05, 4.69) is 10.3 Å². The molecule has 4 heteroatoms. The Labute approximate surface area is 106 Å². The number of aromatic amines is 1. The van der Waals surface area contributed by atoms with E-state index in [0.29, 0.717) is 18.7 Å². The van der Waals surface area contributed by atoms with Gasteiger partial charge in [-0.25, -0.2) is 0 Å². The minimum absolute atomic E-state index is 0.0942. The van der Waals surface area contributed by atoms with E-state index in [1.807, 2.05) is 32.0 Å². The molecule has 2 aromatic rings. The number of nitrogens with one attached hydrogen (secondary N) is 2. The van der Waals surface area contributed by atoms with Gasteiger partial charge in [0.2, 0.25) is 0 Å². The minimum atomic E-state index is 0.0942. The zero-order chi connectivity index (χ0) is 13.0. The van der Waals surface area contributed by atoms with Gasteiger partial charge in [-0.3, -0.25) is 4.79 Å². The molecule has 1 aromatic heterocycles. The molecule has 0 aliphatic rings. The average molecular weight is 246 g/mol. The molecule has 1 heterocycles. The highest BCUT2D eigenvalue weighted by Gasteiger charge is 2.12. The van der Waals surface area contributed by atoms with E-state index in [1.165, 1.54) is 0 Å². The largest absolute Gasteiger partial charge is 0.494 e.